The van der Waals surface area contributed by atoms with E-state index in [1.165, 1.54) is 5.56 Å². The van der Waals surface area contributed by atoms with Crippen molar-refractivity contribution in [3.8, 4) is 16.9 Å². The first kappa shape index (κ1) is 25.3. The minimum absolute atomic E-state index is 0.111. The molecule has 9 nitrogen and oxygen atoms in total. The number of aryl methyl sites for hydroxylation is 1. The SMILES string of the molecule is Nc1ncnc2c1c(-c1ccc3c(c1)OC(C1CCCO1)CC3)cn2[C@H]1CC[C@@H](N2CCS(=O)(=O)CC2)CC1. The first-order valence-electron chi connectivity index (χ1n) is 14.4. The summed E-state index contributed by atoms with van der Waals surface area (Å²) in [7, 11) is -2.86. The van der Waals surface area contributed by atoms with E-state index in [0.29, 0.717) is 31.0 Å². The van der Waals surface area contributed by atoms with Gasteiger partial charge in [0.25, 0.3) is 0 Å². The number of anilines is 1. The van der Waals surface area contributed by atoms with E-state index in [9.17, 15) is 8.42 Å². The van der Waals surface area contributed by atoms with Gasteiger partial charge in [-0.2, -0.15) is 0 Å². The Morgan fingerprint density at radius 3 is 2.51 bits per heavy atom. The van der Waals surface area contributed by atoms with E-state index in [1.807, 2.05) is 0 Å². The lowest BCUT2D eigenvalue weighted by Crippen LogP contribution is -2.47. The second-order valence-corrected chi connectivity index (χ2v) is 13.9. The molecular formula is C29H37N5O4S. The van der Waals surface area contributed by atoms with Crippen LogP contribution in [0.4, 0.5) is 5.82 Å². The van der Waals surface area contributed by atoms with Gasteiger partial charge in [-0.05, 0) is 68.6 Å². The molecule has 39 heavy (non-hydrogen) atoms. The standard InChI is InChI=1S/C29H37N5O4S/c30-28-27-23(20-4-3-19-5-10-25(38-26(19)16-20)24-2-1-13-37-24)17-34(29(27)32-18-31-28)22-8-6-21(7-9-22)33-11-14-39(35,36)15-12-33/h3-4,16-18,21-22,24-25H,1-2,5-15H2,(H2,30,31,32)/t21-,22+,24?,25?. The van der Waals surface area contributed by atoms with Crippen LogP contribution in [0.5, 0.6) is 5.75 Å². The molecule has 3 fully saturated rings. The van der Waals surface area contributed by atoms with E-state index >= 15 is 0 Å². The highest BCUT2D eigenvalue weighted by atomic mass is 32.2. The number of fused-ring (bicyclic) bond motifs is 2. The summed E-state index contributed by atoms with van der Waals surface area (Å²) in [5.41, 5.74) is 10.7. The van der Waals surface area contributed by atoms with Gasteiger partial charge in [0.15, 0.2) is 9.84 Å². The summed E-state index contributed by atoms with van der Waals surface area (Å²) in [6.07, 6.45) is 12.4. The molecule has 2 aromatic heterocycles. The molecule has 0 spiro atoms. The van der Waals surface area contributed by atoms with Crippen LogP contribution in [0, 0.1) is 0 Å². The molecule has 208 valence electrons. The van der Waals surface area contributed by atoms with Gasteiger partial charge in [-0.15, -0.1) is 0 Å². The van der Waals surface area contributed by atoms with Gasteiger partial charge in [0, 0.05) is 43.5 Å². The number of sulfone groups is 1. The lowest BCUT2D eigenvalue weighted by Gasteiger charge is -2.39. The number of nitrogens with two attached hydrogens (primary N) is 1. The summed E-state index contributed by atoms with van der Waals surface area (Å²) in [5.74, 6) is 2.01. The quantitative estimate of drug-likeness (QED) is 0.522. The number of nitrogen functional groups attached to an aromatic ring is 1. The molecule has 10 heteroatoms. The second kappa shape index (κ2) is 10.1. The molecule has 2 saturated heterocycles. The Bertz CT molecular complexity index is 1460. The molecule has 1 aliphatic carbocycles. The van der Waals surface area contributed by atoms with E-state index in [0.717, 1.165) is 85.9 Å². The number of hydrogen-bond donors (Lipinski definition) is 1. The van der Waals surface area contributed by atoms with Gasteiger partial charge in [-0.3, -0.25) is 4.90 Å². The zero-order valence-corrected chi connectivity index (χ0v) is 23.1. The van der Waals surface area contributed by atoms with E-state index in [2.05, 4.69) is 43.8 Å². The molecule has 7 rings (SSSR count). The van der Waals surface area contributed by atoms with Crippen LogP contribution >= 0.6 is 0 Å². The Labute approximate surface area is 229 Å². The number of nitrogens with zero attached hydrogens (tertiary/aromatic N) is 4. The molecule has 5 heterocycles. The molecule has 1 aromatic carbocycles. The Hall–Kier alpha value is -2.69. The normalized spacial score (nSPS) is 29.2. The molecule has 2 N–H and O–H groups in total. The number of aromatic nitrogens is 3. The van der Waals surface area contributed by atoms with Gasteiger partial charge in [0.1, 0.15) is 29.6 Å². The highest BCUT2D eigenvalue weighted by molar-refractivity contribution is 7.91. The van der Waals surface area contributed by atoms with Gasteiger partial charge < -0.3 is 19.8 Å². The summed E-state index contributed by atoms with van der Waals surface area (Å²) in [6, 6.07) is 7.28. The van der Waals surface area contributed by atoms with Gasteiger partial charge in [-0.1, -0.05) is 12.1 Å². The van der Waals surface area contributed by atoms with Crippen molar-refractivity contribution in [1.29, 1.82) is 0 Å². The van der Waals surface area contributed by atoms with Crippen molar-refractivity contribution >= 4 is 26.7 Å². The molecule has 1 saturated carbocycles. The number of benzene rings is 1. The third-order valence-electron chi connectivity index (χ3n) is 9.33. The van der Waals surface area contributed by atoms with Gasteiger partial charge in [-0.25, -0.2) is 18.4 Å². The molecule has 2 unspecified atom stereocenters. The Balaban J connectivity index is 1.15. The van der Waals surface area contributed by atoms with Crippen LogP contribution in [-0.2, 0) is 21.0 Å². The molecule has 2 atom stereocenters. The Morgan fingerprint density at radius 1 is 0.949 bits per heavy atom. The molecule has 4 aliphatic rings. The molecule has 0 amide bonds. The fraction of sp³-hybridized carbons (Fsp3) is 0.586. The Morgan fingerprint density at radius 2 is 1.74 bits per heavy atom. The largest absolute Gasteiger partial charge is 0.487 e. The van der Waals surface area contributed by atoms with E-state index in [-0.39, 0.29) is 23.7 Å². The highest BCUT2D eigenvalue weighted by Crippen LogP contribution is 2.41. The number of hydrogen-bond acceptors (Lipinski definition) is 8. The highest BCUT2D eigenvalue weighted by Gasteiger charge is 2.33. The van der Waals surface area contributed by atoms with Crippen LogP contribution in [0.3, 0.4) is 0 Å². The summed E-state index contributed by atoms with van der Waals surface area (Å²) in [6.45, 7) is 2.15. The van der Waals surface area contributed by atoms with Crippen molar-refractivity contribution in [2.75, 3.05) is 36.9 Å². The fourth-order valence-electron chi connectivity index (χ4n) is 7.11. The first-order chi connectivity index (χ1) is 18.9. The Kier molecular flexibility index (Phi) is 6.52. The maximum atomic E-state index is 11.9. The second-order valence-electron chi connectivity index (χ2n) is 11.6. The van der Waals surface area contributed by atoms with E-state index < -0.39 is 9.84 Å². The number of rotatable bonds is 4. The van der Waals surface area contributed by atoms with Crippen LogP contribution in [0.25, 0.3) is 22.2 Å². The fourth-order valence-corrected chi connectivity index (χ4v) is 8.34. The summed E-state index contributed by atoms with van der Waals surface area (Å²) >= 11 is 0. The average Bonchev–Trinajstić information content (AvgIpc) is 3.62. The van der Waals surface area contributed by atoms with E-state index in [1.54, 1.807) is 6.33 Å². The van der Waals surface area contributed by atoms with Crippen LogP contribution in [0.15, 0.2) is 30.7 Å². The van der Waals surface area contributed by atoms with E-state index in [4.69, 9.17) is 15.2 Å². The smallest absolute Gasteiger partial charge is 0.152 e. The minimum Gasteiger partial charge on any atom is -0.487 e. The first-order valence-corrected chi connectivity index (χ1v) is 16.2. The zero-order chi connectivity index (χ0) is 26.6. The van der Waals surface area contributed by atoms with Crippen LogP contribution in [0.2, 0.25) is 0 Å². The van der Waals surface area contributed by atoms with Crippen molar-refractivity contribution in [3.05, 3.63) is 36.3 Å². The average molecular weight is 552 g/mol. The third kappa shape index (κ3) is 4.80. The lowest BCUT2D eigenvalue weighted by molar-refractivity contribution is 0.00284. The molecular weight excluding hydrogens is 514 g/mol. The molecule has 0 radical (unpaired) electrons. The van der Waals surface area contributed by atoms with Crippen LogP contribution in [-0.4, -0.2) is 77.3 Å². The van der Waals surface area contributed by atoms with Crippen LogP contribution < -0.4 is 10.5 Å². The number of ether oxygens (including phenoxy) is 2. The van der Waals surface area contributed by atoms with Crippen molar-refractivity contribution in [1.82, 2.24) is 19.4 Å². The molecule has 0 bridgehead atoms. The maximum absolute atomic E-state index is 11.9. The predicted molar refractivity (Wildman–Crippen MR) is 151 cm³/mol. The minimum atomic E-state index is -2.86. The van der Waals surface area contributed by atoms with Crippen LogP contribution in [0.1, 0.15) is 56.6 Å². The topological polar surface area (TPSA) is 113 Å². The van der Waals surface area contributed by atoms with Crippen molar-refractivity contribution in [2.45, 2.75) is 75.7 Å². The summed E-state index contributed by atoms with van der Waals surface area (Å²) < 4.78 is 38.5. The van der Waals surface area contributed by atoms with Gasteiger partial charge in [0.2, 0.25) is 0 Å². The van der Waals surface area contributed by atoms with Crippen molar-refractivity contribution < 1.29 is 17.9 Å². The lowest BCUT2D eigenvalue weighted by atomic mass is 9.90. The van der Waals surface area contributed by atoms with Crippen molar-refractivity contribution in [3.63, 3.8) is 0 Å². The van der Waals surface area contributed by atoms with Crippen molar-refractivity contribution in [2.24, 2.45) is 0 Å². The molecule has 3 aromatic rings. The summed E-state index contributed by atoms with van der Waals surface area (Å²) in [4.78, 5) is 11.4. The zero-order valence-electron chi connectivity index (χ0n) is 22.3. The maximum Gasteiger partial charge on any atom is 0.152 e. The summed E-state index contributed by atoms with van der Waals surface area (Å²) in [5, 5.41) is 0.896. The van der Waals surface area contributed by atoms with Gasteiger partial charge >= 0.3 is 0 Å². The predicted octanol–water partition coefficient (Wildman–Crippen LogP) is 3.77. The van der Waals surface area contributed by atoms with Gasteiger partial charge in [0.05, 0.1) is 23.0 Å². The third-order valence-corrected chi connectivity index (χ3v) is 10.9. The monoisotopic (exact) mass is 551 g/mol. The molecule has 3 aliphatic heterocycles.